The highest BCUT2D eigenvalue weighted by atomic mass is 16.4. The zero-order chi connectivity index (χ0) is 19.6. The Morgan fingerprint density at radius 2 is 1.59 bits per heavy atom. The van der Waals surface area contributed by atoms with E-state index >= 15 is 0 Å². The molecule has 2 aromatic carbocycles. The number of amides is 2. The number of benzene rings is 2. The van der Waals surface area contributed by atoms with E-state index in [2.05, 4.69) is 34.9 Å². The van der Waals surface area contributed by atoms with Crippen LogP contribution >= 0.6 is 0 Å². The third kappa shape index (κ3) is 7.32. The number of carbonyl (C=O) groups excluding carboxylic acids is 2. The van der Waals surface area contributed by atoms with Gasteiger partial charge in [0.1, 0.15) is 0 Å². The maximum Gasteiger partial charge on any atom is 0.305 e. The molecule has 0 bridgehead atoms. The lowest BCUT2D eigenvalue weighted by atomic mass is 10.1. The molecule has 6 heteroatoms. The van der Waals surface area contributed by atoms with Crippen LogP contribution in [-0.2, 0) is 16.0 Å². The summed E-state index contributed by atoms with van der Waals surface area (Å²) in [6.07, 6.45) is 1.91. The van der Waals surface area contributed by atoms with E-state index in [-0.39, 0.29) is 24.8 Å². The molecule has 0 aliphatic heterocycles. The van der Waals surface area contributed by atoms with Gasteiger partial charge in [-0.3, -0.25) is 14.4 Å². The number of hydrogen-bond acceptors (Lipinski definition) is 3. The summed E-state index contributed by atoms with van der Waals surface area (Å²) in [5.41, 5.74) is 3.47. The van der Waals surface area contributed by atoms with Crippen molar-refractivity contribution in [2.75, 3.05) is 11.9 Å². The van der Waals surface area contributed by atoms with Crippen molar-refractivity contribution < 1.29 is 19.5 Å². The van der Waals surface area contributed by atoms with Gasteiger partial charge in [-0.15, -0.1) is 0 Å². The Morgan fingerprint density at radius 1 is 0.926 bits per heavy atom. The van der Waals surface area contributed by atoms with Crippen LogP contribution in [0.1, 0.15) is 40.7 Å². The van der Waals surface area contributed by atoms with E-state index in [0.717, 1.165) is 12.8 Å². The highest BCUT2D eigenvalue weighted by Crippen LogP contribution is 2.12. The molecule has 0 aliphatic carbocycles. The molecule has 2 aromatic rings. The Bertz CT molecular complexity index is 783. The largest absolute Gasteiger partial charge is 0.481 e. The van der Waals surface area contributed by atoms with E-state index in [1.807, 2.05) is 6.92 Å². The second-order valence-electron chi connectivity index (χ2n) is 6.36. The molecule has 0 saturated carbocycles. The number of carboxylic acid groups (broad SMARTS) is 1. The van der Waals surface area contributed by atoms with Gasteiger partial charge >= 0.3 is 5.97 Å². The minimum Gasteiger partial charge on any atom is -0.481 e. The second kappa shape index (κ2) is 10.1. The van der Waals surface area contributed by atoms with E-state index in [1.165, 1.54) is 11.1 Å². The lowest BCUT2D eigenvalue weighted by Gasteiger charge is -2.07. The number of rotatable bonds is 9. The van der Waals surface area contributed by atoms with E-state index in [1.54, 1.807) is 24.3 Å². The monoisotopic (exact) mass is 368 g/mol. The van der Waals surface area contributed by atoms with Gasteiger partial charge in [0.25, 0.3) is 5.91 Å². The Labute approximate surface area is 158 Å². The van der Waals surface area contributed by atoms with Crippen molar-refractivity contribution >= 4 is 23.5 Å². The topological polar surface area (TPSA) is 95.5 Å². The minimum absolute atomic E-state index is 0.0687. The van der Waals surface area contributed by atoms with E-state index in [9.17, 15) is 14.4 Å². The number of anilines is 1. The maximum absolute atomic E-state index is 12.0. The van der Waals surface area contributed by atoms with E-state index in [4.69, 9.17) is 5.11 Å². The summed E-state index contributed by atoms with van der Waals surface area (Å²) in [5.74, 6) is -1.37. The number of carboxylic acids is 1. The van der Waals surface area contributed by atoms with E-state index < -0.39 is 5.97 Å². The highest BCUT2D eigenvalue weighted by molar-refractivity contribution is 5.95. The normalized spacial score (nSPS) is 10.3. The number of nitrogens with one attached hydrogen (secondary N) is 2. The van der Waals surface area contributed by atoms with Gasteiger partial charge in [-0.25, -0.2) is 0 Å². The molecule has 2 rings (SSSR count). The zero-order valence-corrected chi connectivity index (χ0v) is 15.3. The lowest BCUT2D eigenvalue weighted by Crippen LogP contribution is -2.25. The average molecular weight is 368 g/mol. The minimum atomic E-state index is -0.962. The fourth-order valence-corrected chi connectivity index (χ4v) is 2.52. The smallest absolute Gasteiger partial charge is 0.305 e. The molecule has 0 atom stereocenters. The molecule has 0 saturated heterocycles. The van der Waals surface area contributed by atoms with Gasteiger partial charge < -0.3 is 15.7 Å². The van der Waals surface area contributed by atoms with Crippen molar-refractivity contribution in [1.29, 1.82) is 0 Å². The predicted molar refractivity (Wildman–Crippen MR) is 104 cm³/mol. The number of hydrogen-bond donors (Lipinski definition) is 3. The predicted octanol–water partition coefficient (Wildman–Crippen LogP) is 3.16. The summed E-state index contributed by atoms with van der Waals surface area (Å²) in [5, 5.41) is 13.9. The first-order valence-corrected chi connectivity index (χ1v) is 8.89. The van der Waals surface area contributed by atoms with Gasteiger partial charge in [0.2, 0.25) is 5.91 Å². The summed E-state index contributed by atoms with van der Waals surface area (Å²) >= 11 is 0. The van der Waals surface area contributed by atoms with Gasteiger partial charge in [-0.1, -0.05) is 29.8 Å². The van der Waals surface area contributed by atoms with Crippen LogP contribution in [0, 0.1) is 6.92 Å². The third-order valence-electron chi connectivity index (χ3n) is 4.05. The van der Waals surface area contributed by atoms with Crippen LogP contribution in [-0.4, -0.2) is 29.4 Å². The van der Waals surface area contributed by atoms with Crippen molar-refractivity contribution in [3.63, 3.8) is 0 Å². The molecule has 0 aromatic heterocycles. The van der Waals surface area contributed by atoms with E-state index in [0.29, 0.717) is 17.7 Å². The Hall–Kier alpha value is -3.15. The summed E-state index contributed by atoms with van der Waals surface area (Å²) in [6, 6.07) is 14.8. The Kier molecular flexibility index (Phi) is 7.55. The van der Waals surface area contributed by atoms with Crippen LogP contribution in [0.5, 0.6) is 0 Å². The number of aryl methyl sites for hydroxylation is 2. The molecule has 0 fully saturated rings. The van der Waals surface area contributed by atoms with Crippen LogP contribution in [0.2, 0.25) is 0 Å². The van der Waals surface area contributed by atoms with Gasteiger partial charge in [0.05, 0.1) is 6.42 Å². The van der Waals surface area contributed by atoms with Crippen LogP contribution in [0.25, 0.3) is 0 Å². The van der Waals surface area contributed by atoms with Gasteiger partial charge in [-0.2, -0.15) is 0 Å². The fourth-order valence-electron chi connectivity index (χ4n) is 2.52. The molecule has 0 unspecified atom stereocenters. The van der Waals surface area contributed by atoms with Crippen molar-refractivity contribution in [1.82, 2.24) is 5.32 Å². The second-order valence-corrected chi connectivity index (χ2v) is 6.36. The molecule has 0 radical (unpaired) electrons. The quantitative estimate of drug-likeness (QED) is 0.633. The molecule has 0 spiro atoms. The van der Waals surface area contributed by atoms with Gasteiger partial charge in [0, 0.05) is 24.2 Å². The molecule has 6 nitrogen and oxygen atoms in total. The van der Waals surface area contributed by atoms with Crippen LogP contribution in [0.15, 0.2) is 48.5 Å². The summed E-state index contributed by atoms with van der Waals surface area (Å²) < 4.78 is 0. The standard InChI is InChI=1S/C21H24N2O4/c1-15-5-7-16(8-6-15)3-2-4-19(24)23-18-11-9-17(10-12-18)21(27)22-14-13-20(25)26/h5-12H,2-4,13-14H2,1H3,(H,22,27)(H,23,24)(H,25,26). The van der Waals surface area contributed by atoms with Crippen molar-refractivity contribution in [3.8, 4) is 0 Å². The van der Waals surface area contributed by atoms with Crippen molar-refractivity contribution in [3.05, 3.63) is 65.2 Å². The van der Waals surface area contributed by atoms with Gasteiger partial charge in [0.15, 0.2) is 0 Å². The summed E-state index contributed by atoms with van der Waals surface area (Å²) in [4.78, 5) is 34.3. The first-order chi connectivity index (χ1) is 12.9. The first kappa shape index (κ1) is 20.2. The fraction of sp³-hybridized carbons (Fsp3) is 0.286. The van der Waals surface area contributed by atoms with Crippen molar-refractivity contribution in [2.24, 2.45) is 0 Å². The maximum atomic E-state index is 12.0. The molecule has 3 N–H and O–H groups in total. The van der Waals surface area contributed by atoms with Crippen LogP contribution in [0.3, 0.4) is 0 Å². The molecule has 0 aliphatic rings. The average Bonchev–Trinajstić information content (AvgIpc) is 2.63. The molecule has 0 heterocycles. The summed E-state index contributed by atoms with van der Waals surface area (Å²) in [7, 11) is 0. The molecule has 2 amide bonds. The SMILES string of the molecule is Cc1ccc(CCCC(=O)Nc2ccc(C(=O)NCCC(=O)O)cc2)cc1. The number of aliphatic carboxylic acids is 1. The van der Waals surface area contributed by atoms with Crippen LogP contribution in [0.4, 0.5) is 5.69 Å². The zero-order valence-electron chi connectivity index (χ0n) is 15.3. The molecular formula is C21H24N2O4. The van der Waals surface area contributed by atoms with Gasteiger partial charge in [-0.05, 0) is 49.6 Å². The van der Waals surface area contributed by atoms with Crippen LogP contribution < -0.4 is 10.6 Å². The molecule has 27 heavy (non-hydrogen) atoms. The molecular weight excluding hydrogens is 344 g/mol. The van der Waals surface area contributed by atoms with Crippen molar-refractivity contribution in [2.45, 2.75) is 32.6 Å². The summed E-state index contributed by atoms with van der Waals surface area (Å²) in [6.45, 7) is 2.12. The first-order valence-electron chi connectivity index (χ1n) is 8.89. The Balaban J connectivity index is 1.74. The number of carbonyl (C=O) groups is 3. The Morgan fingerprint density at radius 3 is 2.22 bits per heavy atom. The third-order valence-corrected chi connectivity index (χ3v) is 4.05. The lowest BCUT2D eigenvalue weighted by molar-refractivity contribution is -0.136. The molecule has 142 valence electrons. The highest BCUT2D eigenvalue weighted by Gasteiger charge is 2.07.